The van der Waals surface area contributed by atoms with Gasteiger partial charge >= 0.3 is 0 Å². The first-order valence-electron chi connectivity index (χ1n) is 13.8. The lowest BCUT2D eigenvalue weighted by molar-refractivity contribution is 0.0936. The molecule has 5 nitrogen and oxygen atoms in total. The Morgan fingerprint density at radius 1 is 0.833 bits per heavy atom. The molecule has 1 aromatic heterocycles. The van der Waals surface area contributed by atoms with Gasteiger partial charge < -0.3 is 5.32 Å². The average molecular weight is 589 g/mol. The highest BCUT2D eigenvalue weighted by Crippen LogP contribution is 2.32. The fourth-order valence-corrected chi connectivity index (χ4v) is 6.16. The predicted octanol–water partition coefficient (Wildman–Crippen LogP) is 8.39. The third-order valence-electron chi connectivity index (χ3n) is 7.22. The lowest BCUT2D eigenvalue weighted by Crippen LogP contribution is -2.32. The van der Waals surface area contributed by atoms with E-state index >= 15 is 0 Å². The number of carbonyl (C=O) groups is 1. The second-order valence-corrected chi connectivity index (χ2v) is 11.5. The molecule has 1 N–H and O–H groups in total. The molecule has 5 aromatic carbocycles. The molecule has 42 heavy (non-hydrogen) atoms. The molecule has 1 heterocycles. The number of hydrogen-bond donors (Lipinski definition) is 1. The monoisotopic (exact) mass is 588 g/mol. The molecule has 1 unspecified atom stereocenters. The fraction of sp³-hybridized carbons (Fsp3) is 0.114. The van der Waals surface area contributed by atoms with Crippen molar-refractivity contribution in [2.45, 2.75) is 30.3 Å². The number of benzene rings is 5. The summed E-state index contributed by atoms with van der Waals surface area (Å²) >= 11 is 8.11. The maximum absolute atomic E-state index is 13.9. The summed E-state index contributed by atoms with van der Waals surface area (Å²) in [5.41, 5.74) is 4.80. The first-order chi connectivity index (χ1) is 20.6. The van der Waals surface area contributed by atoms with Gasteiger partial charge in [0.15, 0.2) is 11.0 Å². The molecule has 0 bridgehead atoms. The van der Waals surface area contributed by atoms with Crippen LogP contribution in [0, 0.1) is 6.92 Å². The largest absolute Gasteiger partial charge is 0.342 e. The minimum Gasteiger partial charge on any atom is -0.342 e. The van der Waals surface area contributed by atoms with Crippen LogP contribution >= 0.6 is 23.4 Å². The molecule has 6 rings (SSSR count). The molecular weight excluding hydrogens is 560 g/mol. The summed E-state index contributed by atoms with van der Waals surface area (Å²) in [6.07, 6.45) is 0.540. The van der Waals surface area contributed by atoms with Gasteiger partial charge in [0.1, 0.15) is 0 Å². The van der Waals surface area contributed by atoms with Crippen LogP contribution in [-0.2, 0) is 12.2 Å². The molecule has 0 fully saturated rings. The van der Waals surface area contributed by atoms with Crippen LogP contribution in [0.3, 0.4) is 0 Å². The topological polar surface area (TPSA) is 59.8 Å². The summed E-state index contributed by atoms with van der Waals surface area (Å²) in [4.78, 5) is 13.9. The van der Waals surface area contributed by atoms with E-state index in [2.05, 4.69) is 34.7 Å². The number of nitrogens with zero attached hydrogens (tertiary/aromatic N) is 3. The van der Waals surface area contributed by atoms with E-state index in [0.717, 1.165) is 38.5 Å². The van der Waals surface area contributed by atoms with Crippen molar-refractivity contribution in [1.82, 2.24) is 20.1 Å². The highest BCUT2D eigenvalue weighted by atomic mass is 35.5. The van der Waals surface area contributed by atoms with Gasteiger partial charge in [0, 0.05) is 16.3 Å². The van der Waals surface area contributed by atoms with Gasteiger partial charge in [-0.25, -0.2) is 0 Å². The highest BCUT2D eigenvalue weighted by molar-refractivity contribution is 7.98. The van der Waals surface area contributed by atoms with Crippen molar-refractivity contribution < 1.29 is 4.79 Å². The Bertz CT molecular complexity index is 1830. The number of halogens is 1. The van der Waals surface area contributed by atoms with Gasteiger partial charge in [0.05, 0.1) is 11.7 Å². The van der Waals surface area contributed by atoms with Gasteiger partial charge in [-0.3, -0.25) is 9.36 Å². The maximum Gasteiger partial charge on any atom is 0.252 e. The number of aromatic nitrogens is 3. The van der Waals surface area contributed by atoms with Crippen LogP contribution in [0.25, 0.3) is 16.5 Å². The zero-order valence-electron chi connectivity index (χ0n) is 23.1. The summed E-state index contributed by atoms with van der Waals surface area (Å²) < 4.78 is 2.05. The predicted molar refractivity (Wildman–Crippen MR) is 171 cm³/mol. The molecule has 0 aliphatic heterocycles. The molecule has 208 valence electrons. The van der Waals surface area contributed by atoms with E-state index in [1.165, 1.54) is 5.56 Å². The molecule has 1 amide bonds. The number of hydrogen-bond acceptors (Lipinski definition) is 4. The third kappa shape index (κ3) is 6.10. The van der Waals surface area contributed by atoms with E-state index in [0.29, 0.717) is 22.8 Å². The molecule has 0 aliphatic carbocycles. The first-order valence-corrected chi connectivity index (χ1v) is 15.1. The van der Waals surface area contributed by atoms with E-state index in [9.17, 15) is 4.79 Å². The molecule has 0 saturated carbocycles. The van der Waals surface area contributed by atoms with Crippen molar-refractivity contribution in [3.05, 3.63) is 154 Å². The van der Waals surface area contributed by atoms with Crippen molar-refractivity contribution in [3.8, 4) is 5.69 Å². The minimum absolute atomic E-state index is 0.163. The van der Waals surface area contributed by atoms with Crippen LogP contribution in [0.2, 0.25) is 5.02 Å². The quantitative estimate of drug-likeness (QED) is 0.172. The lowest BCUT2D eigenvalue weighted by Gasteiger charge is -2.21. The van der Waals surface area contributed by atoms with Crippen LogP contribution in [0.1, 0.15) is 38.9 Å². The van der Waals surface area contributed by atoms with E-state index < -0.39 is 6.04 Å². The summed E-state index contributed by atoms with van der Waals surface area (Å²) in [7, 11) is 0. The van der Waals surface area contributed by atoms with Gasteiger partial charge in [0.25, 0.3) is 5.91 Å². The Morgan fingerprint density at radius 3 is 2.31 bits per heavy atom. The Kier molecular flexibility index (Phi) is 8.35. The fourth-order valence-electron chi connectivity index (χ4n) is 5.09. The number of nitrogens with one attached hydrogen (secondary N) is 1. The Morgan fingerprint density at radius 2 is 1.52 bits per heavy atom. The SMILES string of the molecule is Cc1ccc(Cl)cc1-n1c(SCc2ccccc2)nnc1C(Cc1ccccc1)NC(=O)c1cccc2ccccc12. The smallest absolute Gasteiger partial charge is 0.252 e. The number of thioether (sulfide) groups is 1. The number of aryl methyl sites for hydroxylation is 1. The molecule has 7 heteroatoms. The van der Waals surface area contributed by atoms with Crippen molar-refractivity contribution in [1.29, 1.82) is 0 Å². The van der Waals surface area contributed by atoms with Gasteiger partial charge in [-0.15, -0.1) is 10.2 Å². The van der Waals surface area contributed by atoms with Gasteiger partial charge in [-0.2, -0.15) is 0 Å². The Hall–Kier alpha value is -4.39. The van der Waals surface area contributed by atoms with Crippen LogP contribution in [0.5, 0.6) is 0 Å². The Balaban J connectivity index is 1.44. The first kappa shape index (κ1) is 27.8. The van der Waals surface area contributed by atoms with Gasteiger partial charge in [-0.1, -0.05) is 126 Å². The number of amides is 1. The van der Waals surface area contributed by atoms with Crippen LogP contribution in [0.4, 0.5) is 0 Å². The van der Waals surface area contributed by atoms with Crippen molar-refractivity contribution in [3.63, 3.8) is 0 Å². The molecule has 0 saturated heterocycles. The van der Waals surface area contributed by atoms with E-state index in [1.54, 1.807) is 11.8 Å². The summed E-state index contributed by atoms with van der Waals surface area (Å²) in [6.45, 7) is 2.04. The highest BCUT2D eigenvalue weighted by Gasteiger charge is 2.26. The normalized spacial score (nSPS) is 11.9. The molecule has 6 aromatic rings. The summed E-state index contributed by atoms with van der Waals surface area (Å²) in [5.74, 6) is 1.21. The molecule has 0 aliphatic rings. The lowest BCUT2D eigenvalue weighted by atomic mass is 10.0. The number of carbonyl (C=O) groups excluding carboxylic acids is 1. The zero-order chi connectivity index (χ0) is 28.9. The van der Waals surface area contributed by atoms with Crippen molar-refractivity contribution in [2.24, 2.45) is 0 Å². The van der Waals surface area contributed by atoms with Crippen molar-refractivity contribution in [2.75, 3.05) is 0 Å². The van der Waals surface area contributed by atoms with Crippen LogP contribution in [-0.4, -0.2) is 20.7 Å². The average Bonchev–Trinajstić information content (AvgIpc) is 3.45. The maximum atomic E-state index is 13.9. The van der Waals surface area contributed by atoms with E-state index in [4.69, 9.17) is 16.7 Å². The summed E-state index contributed by atoms with van der Waals surface area (Å²) in [6, 6.07) is 39.5. The molecule has 0 spiro atoms. The van der Waals surface area contributed by atoms with Crippen LogP contribution < -0.4 is 5.32 Å². The number of fused-ring (bicyclic) bond motifs is 1. The second-order valence-electron chi connectivity index (χ2n) is 10.1. The second kappa shape index (κ2) is 12.6. The standard InChI is InChI=1S/C35H29ClN4OS/c1-24-19-20-28(36)22-32(24)40-33(38-39-35(40)42-23-26-13-6-3-7-14-26)31(21-25-11-4-2-5-12-25)37-34(41)30-18-10-16-27-15-8-9-17-29(27)30/h2-20,22,31H,21,23H2,1H3,(H,37,41). The van der Waals surface area contributed by atoms with Gasteiger partial charge in [0.2, 0.25) is 0 Å². The third-order valence-corrected chi connectivity index (χ3v) is 8.45. The van der Waals surface area contributed by atoms with E-state index in [-0.39, 0.29) is 5.91 Å². The minimum atomic E-state index is -0.462. The summed E-state index contributed by atoms with van der Waals surface area (Å²) in [5, 5.41) is 16.0. The van der Waals surface area contributed by atoms with E-state index in [1.807, 2.05) is 109 Å². The number of rotatable bonds is 9. The van der Waals surface area contributed by atoms with Gasteiger partial charge in [-0.05, 0) is 59.0 Å². The Labute approximate surface area is 254 Å². The molecule has 0 radical (unpaired) electrons. The van der Waals surface area contributed by atoms with Crippen molar-refractivity contribution >= 4 is 40.0 Å². The van der Waals surface area contributed by atoms with Crippen LogP contribution in [0.15, 0.2) is 126 Å². The molecule has 1 atom stereocenters. The zero-order valence-corrected chi connectivity index (χ0v) is 24.6. The molecular formula is C35H29ClN4OS.